The molecule has 8 heteroatoms. The molecule has 1 aliphatic heterocycles. The number of rotatable bonds is 5. The number of pyridine rings is 1. The van der Waals surface area contributed by atoms with Crippen LogP contribution in [0.1, 0.15) is 54.0 Å². The zero-order chi connectivity index (χ0) is 28.7. The van der Waals surface area contributed by atoms with Crippen molar-refractivity contribution in [2.45, 2.75) is 45.4 Å². The fraction of sp³-hybridized carbons (Fsp3) is 0.212. The lowest BCUT2D eigenvalue weighted by molar-refractivity contribution is -0.116. The molecule has 1 amide bonds. The zero-order valence-corrected chi connectivity index (χ0v) is 23.9. The van der Waals surface area contributed by atoms with E-state index in [1.807, 2.05) is 81.4 Å². The van der Waals surface area contributed by atoms with Crippen LogP contribution in [0.3, 0.4) is 0 Å². The Morgan fingerprint density at radius 1 is 0.976 bits per heavy atom. The van der Waals surface area contributed by atoms with Crippen LogP contribution in [-0.2, 0) is 9.59 Å². The quantitative estimate of drug-likeness (QED) is 0.288. The first-order valence-electron chi connectivity index (χ1n) is 13.7. The Balaban J connectivity index is 1.49. The Bertz CT molecular complexity index is 1720. The van der Waals surface area contributed by atoms with E-state index in [0.717, 1.165) is 22.5 Å². The summed E-state index contributed by atoms with van der Waals surface area (Å²) in [5.41, 5.74) is 6.56. The second kappa shape index (κ2) is 10.8. The van der Waals surface area contributed by atoms with Gasteiger partial charge < -0.3 is 10.6 Å². The highest BCUT2D eigenvalue weighted by Crippen LogP contribution is 2.48. The molecule has 2 aliphatic rings. The summed E-state index contributed by atoms with van der Waals surface area (Å²) in [7, 11) is 0. The molecular weight excluding hydrogens is 534 g/mol. The number of nitrogens with zero attached hydrogens (tertiary/aromatic N) is 3. The van der Waals surface area contributed by atoms with Gasteiger partial charge in [-0.2, -0.15) is 5.10 Å². The molecule has 2 aromatic carbocycles. The standard InChI is InChI=1S/C33H30ClN5O2/c1-19-11-10-16-35-32(19)37-33(41)28-20(2)36-25-17-23(22-12-6-4-7-13-22)18-26(40)29(25)30(28)27-21(3)38-39(31(27)34)24-14-8-5-9-15-24/h4-16,23,30,36H,17-18H2,1-3H3,(H,35,37,41)/t23-,30+/m1/s1. The van der Waals surface area contributed by atoms with E-state index in [0.29, 0.717) is 51.9 Å². The van der Waals surface area contributed by atoms with Crippen molar-refractivity contribution in [2.24, 2.45) is 0 Å². The molecule has 6 rings (SSSR count). The zero-order valence-electron chi connectivity index (χ0n) is 23.1. The maximum absolute atomic E-state index is 14.0. The van der Waals surface area contributed by atoms with Gasteiger partial charge >= 0.3 is 0 Å². The average Bonchev–Trinajstić information content (AvgIpc) is 3.27. The molecule has 0 saturated heterocycles. The number of nitrogens with one attached hydrogen (secondary N) is 2. The van der Waals surface area contributed by atoms with Gasteiger partial charge in [0.05, 0.1) is 17.3 Å². The van der Waals surface area contributed by atoms with Crippen LogP contribution in [0.15, 0.2) is 102 Å². The highest BCUT2D eigenvalue weighted by atomic mass is 35.5. The molecule has 3 heterocycles. The Morgan fingerprint density at radius 3 is 2.39 bits per heavy atom. The summed E-state index contributed by atoms with van der Waals surface area (Å²) in [6.07, 6.45) is 2.63. The van der Waals surface area contributed by atoms with E-state index >= 15 is 0 Å². The highest BCUT2D eigenvalue weighted by Gasteiger charge is 2.43. The van der Waals surface area contributed by atoms with Gasteiger partial charge in [0.15, 0.2) is 5.78 Å². The minimum Gasteiger partial charge on any atom is -0.362 e. The highest BCUT2D eigenvalue weighted by molar-refractivity contribution is 6.31. The SMILES string of the molecule is CC1=C(C(=O)Nc2ncccc2C)[C@H](c2c(C)nn(-c3ccccc3)c2Cl)C2=C(C[C@@H](c3ccccc3)CC2=O)N1. The van der Waals surface area contributed by atoms with Crippen LogP contribution in [0.4, 0.5) is 5.82 Å². The molecule has 4 aromatic rings. The number of allylic oxidation sites excluding steroid dienone is 3. The third kappa shape index (κ3) is 4.87. The van der Waals surface area contributed by atoms with Crippen molar-refractivity contribution >= 4 is 29.1 Å². The molecule has 0 fully saturated rings. The summed E-state index contributed by atoms with van der Waals surface area (Å²) in [4.78, 5) is 32.4. The van der Waals surface area contributed by atoms with Crippen molar-refractivity contribution < 1.29 is 9.59 Å². The second-order valence-corrected chi connectivity index (χ2v) is 10.9. The van der Waals surface area contributed by atoms with Gasteiger partial charge in [0.25, 0.3) is 5.91 Å². The van der Waals surface area contributed by atoms with Crippen LogP contribution in [0.2, 0.25) is 5.15 Å². The number of ketones is 1. The van der Waals surface area contributed by atoms with Gasteiger partial charge in [-0.3, -0.25) is 9.59 Å². The van der Waals surface area contributed by atoms with Crippen molar-refractivity contribution in [1.82, 2.24) is 20.1 Å². The smallest absolute Gasteiger partial charge is 0.255 e. The fourth-order valence-electron chi connectivity index (χ4n) is 5.96. The predicted molar refractivity (Wildman–Crippen MR) is 160 cm³/mol. The molecular formula is C33H30ClN5O2. The van der Waals surface area contributed by atoms with Gasteiger partial charge in [-0.15, -0.1) is 0 Å². The number of carbonyl (C=O) groups is 2. The number of hydrogen-bond acceptors (Lipinski definition) is 5. The van der Waals surface area contributed by atoms with Crippen LogP contribution in [-0.4, -0.2) is 26.5 Å². The van der Waals surface area contributed by atoms with Crippen molar-refractivity contribution in [1.29, 1.82) is 0 Å². The number of carbonyl (C=O) groups excluding carboxylic acids is 2. The number of para-hydroxylation sites is 1. The lowest BCUT2D eigenvalue weighted by Crippen LogP contribution is -2.37. The van der Waals surface area contributed by atoms with Gasteiger partial charge in [-0.25, -0.2) is 9.67 Å². The van der Waals surface area contributed by atoms with Crippen LogP contribution in [0.5, 0.6) is 0 Å². The average molecular weight is 564 g/mol. The molecule has 2 N–H and O–H groups in total. The van der Waals surface area contributed by atoms with Gasteiger partial charge in [0.2, 0.25) is 0 Å². The van der Waals surface area contributed by atoms with E-state index in [1.165, 1.54) is 0 Å². The summed E-state index contributed by atoms with van der Waals surface area (Å²) in [5.74, 6) is -0.525. The second-order valence-electron chi connectivity index (χ2n) is 10.6. The summed E-state index contributed by atoms with van der Waals surface area (Å²) >= 11 is 7.08. The molecule has 0 saturated carbocycles. The van der Waals surface area contributed by atoms with Crippen LogP contribution in [0.25, 0.3) is 5.69 Å². The molecule has 0 spiro atoms. The Labute approximate surface area is 244 Å². The number of hydrogen-bond donors (Lipinski definition) is 2. The van der Waals surface area contributed by atoms with Gasteiger partial charge in [-0.1, -0.05) is 66.2 Å². The third-order valence-electron chi connectivity index (χ3n) is 7.92. The Hall–Kier alpha value is -4.49. The number of aryl methyl sites for hydroxylation is 2. The Kier molecular flexibility index (Phi) is 7.05. The maximum Gasteiger partial charge on any atom is 0.255 e. The van der Waals surface area contributed by atoms with E-state index in [-0.39, 0.29) is 17.6 Å². The first-order valence-corrected chi connectivity index (χ1v) is 14.0. The molecule has 1 aliphatic carbocycles. The van der Waals surface area contributed by atoms with Gasteiger partial charge in [-0.05, 0) is 62.4 Å². The molecule has 2 aromatic heterocycles. The minimum atomic E-state index is -0.690. The first-order chi connectivity index (χ1) is 19.8. The minimum absolute atomic E-state index is 0.00709. The largest absolute Gasteiger partial charge is 0.362 e. The lowest BCUT2D eigenvalue weighted by atomic mass is 9.71. The summed E-state index contributed by atoms with van der Waals surface area (Å²) in [5, 5.41) is 11.6. The van der Waals surface area contributed by atoms with Crippen molar-refractivity contribution in [2.75, 3.05) is 5.32 Å². The number of halogens is 1. The van der Waals surface area contributed by atoms with Crippen molar-refractivity contribution in [3.8, 4) is 5.69 Å². The topological polar surface area (TPSA) is 88.9 Å². The van der Waals surface area contributed by atoms with E-state index in [2.05, 4.69) is 27.8 Å². The van der Waals surface area contributed by atoms with Gasteiger partial charge in [0, 0.05) is 40.7 Å². The molecule has 2 atom stereocenters. The number of Topliss-reactive ketones (excluding diaryl/α,β-unsaturated/α-hetero) is 1. The molecule has 0 radical (unpaired) electrons. The monoisotopic (exact) mass is 563 g/mol. The third-order valence-corrected chi connectivity index (χ3v) is 8.29. The number of dihydropyridines is 1. The normalized spacial score (nSPS) is 18.7. The predicted octanol–water partition coefficient (Wildman–Crippen LogP) is 6.54. The number of amides is 1. The summed E-state index contributed by atoms with van der Waals surface area (Å²) in [6.45, 7) is 5.63. The molecule has 0 unspecified atom stereocenters. The summed E-state index contributed by atoms with van der Waals surface area (Å²) in [6, 6.07) is 23.4. The van der Waals surface area contributed by atoms with Gasteiger partial charge in [0.1, 0.15) is 11.0 Å². The maximum atomic E-state index is 14.0. The van der Waals surface area contributed by atoms with Crippen LogP contribution >= 0.6 is 11.6 Å². The number of benzene rings is 2. The van der Waals surface area contributed by atoms with E-state index in [9.17, 15) is 9.59 Å². The molecule has 206 valence electrons. The number of anilines is 1. The van der Waals surface area contributed by atoms with Crippen LogP contribution < -0.4 is 10.6 Å². The molecule has 41 heavy (non-hydrogen) atoms. The van der Waals surface area contributed by atoms with Crippen molar-refractivity contribution in [3.63, 3.8) is 0 Å². The summed E-state index contributed by atoms with van der Waals surface area (Å²) < 4.78 is 1.67. The van der Waals surface area contributed by atoms with Crippen molar-refractivity contribution in [3.05, 3.63) is 129 Å². The first kappa shape index (κ1) is 26.7. The Morgan fingerprint density at radius 2 is 1.68 bits per heavy atom. The van der Waals surface area contributed by atoms with Crippen LogP contribution in [0, 0.1) is 13.8 Å². The fourth-order valence-corrected chi connectivity index (χ4v) is 6.34. The van der Waals surface area contributed by atoms with E-state index in [1.54, 1.807) is 10.9 Å². The number of aromatic nitrogens is 3. The van der Waals surface area contributed by atoms with E-state index < -0.39 is 5.92 Å². The molecule has 0 bridgehead atoms. The molecule has 7 nitrogen and oxygen atoms in total. The van der Waals surface area contributed by atoms with E-state index in [4.69, 9.17) is 16.7 Å². The lowest BCUT2D eigenvalue weighted by Gasteiger charge is -2.37.